The topological polar surface area (TPSA) is 139 Å². The summed E-state index contributed by atoms with van der Waals surface area (Å²) in [6.07, 6.45) is -3.56. The van der Waals surface area contributed by atoms with E-state index in [-0.39, 0.29) is 23.0 Å². The molecule has 22 heavy (non-hydrogen) atoms. The summed E-state index contributed by atoms with van der Waals surface area (Å²) in [5.41, 5.74) is 1.18. The van der Waals surface area contributed by atoms with Gasteiger partial charge in [-0.25, -0.2) is 9.37 Å². The van der Waals surface area contributed by atoms with Crippen molar-refractivity contribution in [1.82, 2.24) is 19.5 Å². The average Bonchev–Trinajstić information content (AvgIpc) is 2.81. The molecule has 1 aliphatic heterocycles. The molecule has 1 aliphatic carbocycles. The number of aromatic nitrogens is 4. The molecule has 1 saturated heterocycles. The van der Waals surface area contributed by atoms with Crippen LogP contribution in [0.1, 0.15) is 6.23 Å². The smallest absolute Gasteiger partial charge is 0.280 e. The van der Waals surface area contributed by atoms with Gasteiger partial charge in [0.25, 0.3) is 5.56 Å². The molecule has 118 valence electrons. The Labute approximate surface area is 126 Å². The number of halogens is 2. The van der Waals surface area contributed by atoms with Crippen molar-refractivity contribution in [2.45, 2.75) is 29.7 Å². The SMILES string of the molecule is Nc1nc2c(ncn2[C@@H]2O[C@]3(CCl)C(O)[C@]3(O)[C@H]2F)c(=O)[nH]1. The van der Waals surface area contributed by atoms with Gasteiger partial charge in [0.2, 0.25) is 5.95 Å². The first-order chi connectivity index (χ1) is 10.4. The second-order valence-electron chi connectivity index (χ2n) is 5.44. The largest absolute Gasteiger partial charge is 0.387 e. The first kappa shape index (κ1) is 13.9. The molecule has 2 fully saturated rings. The summed E-state index contributed by atoms with van der Waals surface area (Å²) in [4.78, 5) is 21.7. The second kappa shape index (κ2) is 3.96. The number of nitrogens with one attached hydrogen (secondary N) is 1. The lowest BCUT2D eigenvalue weighted by Crippen LogP contribution is -2.33. The summed E-state index contributed by atoms with van der Waals surface area (Å²) in [5, 5.41) is 20.0. The van der Waals surface area contributed by atoms with E-state index in [4.69, 9.17) is 22.1 Å². The first-order valence-corrected chi connectivity index (χ1v) is 6.91. The molecule has 2 aliphatic rings. The highest BCUT2D eigenvalue weighted by molar-refractivity contribution is 6.19. The van der Waals surface area contributed by atoms with Crippen LogP contribution in [-0.2, 0) is 4.74 Å². The third-order valence-electron chi connectivity index (χ3n) is 4.38. The lowest BCUT2D eigenvalue weighted by Gasteiger charge is -2.21. The van der Waals surface area contributed by atoms with Crippen LogP contribution >= 0.6 is 11.6 Å². The number of nitrogen functional groups attached to an aromatic ring is 1. The standard InChI is InChI=1S/C11H11ClFN5O4/c12-1-10-8(20)11(10,21)4(13)7(22-10)18-2-15-3-5(18)16-9(14)17-6(3)19/h2,4,7-8,20-21H,1H2,(H3,14,16,17,19)/t4-,7+,8?,10+,11+/m0/s1. The quantitative estimate of drug-likeness (QED) is 0.499. The zero-order valence-corrected chi connectivity index (χ0v) is 11.7. The lowest BCUT2D eigenvalue weighted by molar-refractivity contribution is -0.0831. The summed E-state index contributed by atoms with van der Waals surface area (Å²) >= 11 is 5.71. The molecule has 1 saturated carbocycles. The van der Waals surface area contributed by atoms with Crippen molar-refractivity contribution in [1.29, 1.82) is 0 Å². The highest BCUT2D eigenvalue weighted by Gasteiger charge is 2.87. The Morgan fingerprint density at radius 1 is 1.64 bits per heavy atom. The fraction of sp³-hybridized carbons (Fsp3) is 0.545. The van der Waals surface area contributed by atoms with E-state index in [1.165, 1.54) is 0 Å². The summed E-state index contributed by atoms with van der Waals surface area (Å²) in [6, 6.07) is 0. The number of ether oxygens (including phenoxy) is 1. The molecule has 2 aromatic rings. The molecule has 11 heteroatoms. The van der Waals surface area contributed by atoms with Crippen LogP contribution < -0.4 is 11.3 Å². The zero-order valence-electron chi connectivity index (χ0n) is 10.9. The molecule has 2 aromatic heterocycles. The average molecular weight is 332 g/mol. The summed E-state index contributed by atoms with van der Waals surface area (Å²) in [5.74, 6) is -0.451. The number of H-pyrrole nitrogens is 1. The van der Waals surface area contributed by atoms with Crippen LogP contribution in [0.4, 0.5) is 10.3 Å². The maximum absolute atomic E-state index is 14.6. The number of imidazole rings is 1. The summed E-state index contributed by atoms with van der Waals surface area (Å²) < 4.78 is 21.2. The van der Waals surface area contributed by atoms with Gasteiger partial charge in [-0.3, -0.25) is 14.3 Å². The number of alkyl halides is 2. The number of aromatic amines is 1. The highest BCUT2D eigenvalue weighted by atomic mass is 35.5. The van der Waals surface area contributed by atoms with E-state index >= 15 is 0 Å². The van der Waals surface area contributed by atoms with E-state index in [0.29, 0.717) is 0 Å². The minimum atomic E-state index is -2.09. The van der Waals surface area contributed by atoms with Crippen LogP contribution in [0, 0.1) is 0 Å². The van der Waals surface area contributed by atoms with E-state index in [9.17, 15) is 19.4 Å². The van der Waals surface area contributed by atoms with Crippen molar-refractivity contribution in [3.63, 3.8) is 0 Å². The number of fused-ring (bicyclic) bond motifs is 2. The number of nitrogens with two attached hydrogens (primary N) is 1. The first-order valence-electron chi connectivity index (χ1n) is 6.37. The molecule has 3 heterocycles. The van der Waals surface area contributed by atoms with Crippen LogP contribution in [-0.4, -0.2) is 59.1 Å². The van der Waals surface area contributed by atoms with Gasteiger partial charge in [0.1, 0.15) is 11.7 Å². The molecular weight excluding hydrogens is 321 g/mol. The second-order valence-corrected chi connectivity index (χ2v) is 5.70. The van der Waals surface area contributed by atoms with Gasteiger partial charge in [-0.1, -0.05) is 0 Å². The molecule has 5 N–H and O–H groups in total. The Morgan fingerprint density at radius 3 is 3.00 bits per heavy atom. The molecule has 0 spiro atoms. The van der Waals surface area contributed by atoms with Crippen LogP contribution in [0.5, 0.6) is 0 Å². The van der Waals surface area contributed by atoms with E-state index in [2.05, 4.69) is 15.0 Å². The van der Waals surface area contributed by atoms with Gasteiger partial charge >= 0.3 is 0 Å². The van der Waals surface area contributed by atoms with Gasteiger partial charge in [-0.15, -0.1) is 11.6 Å². The van der Waals surface area contributed by atoms with Crippen molar-refractivity contribution in [2.24, 2.45) is 0 Å². The Kier molecular flexibility index (Phi) is 2.50. The van der Waals surface area contributed by atoms with Gasteiger partial charge in [0.05, 0.1) is 12.2 Å². The minimum absolute atomic E-state index is 0.0120. The predicted molar refractivity (Wildman–Crippen MR) is 72.0 cm³/mol. The third-order valence-corrected chi connectivity index (χ3v) is 4.78. The Hall–Kier alpha value is -1.75. The Bertz CT molecular complexity index is 837. The number of anilines is 1. The zero-order chi connectivity index (χ0) is 15.9. The monoisotopic (exact) mass is 331 g/mol. The highest BCUT2D eigenvalue weighted by Crippen LogP contribution is 2.64. The number of nitrogens with zero attached hydrogens (tertiary/aromatic N) is 3. The van der Waals surface area contributed by atoms with E-state index in [0.717, 1.165) is 10.9 Å². The van der Waals surface area contributed by atoms with E-state index < -0.39 is 35.3 Å². The van der Waals surface area contributed by atoms with Crippen LogP contribution in [0.3, 0.4) is 0 Å². The number of hydrogen-bond acceptors (Lipinski definition) is 7. The molecule has 4 rings (SSSR count). The Balaban J connectivity index is 1.84. The molecule has 0 bridgehead atoms. The van der Waals surface area contributed by atoms with Crippen molar-refractivity contribution in [3.8, 4) is 0 Å². The van der Waals surface area contributed by atoms with E-state index in [1.807, 2.05) is 0 Å². The van der Waals surface area contributed by atoms with Gasteiger partial charge < -0.3 is 20.7 Å². The van der Waals surface area contributed by atoms with E-state index in [1.54, 1.807) is 0 Å². The molecule has 1 unspecified atom stereocenters. The van der Waals surface area contributed by atoms with Crippen molar-refractivity contribution in [3.05, 3.63) is 16.7 Å². The summed E-state index contributed by atoms with van der Waals surface area (Å²) in [6.45, 7) is 0. The minimum Gasteiger partial charge on any atom is -0.387 e. The summed E-state index contributed by atoms with van der Waals surface area (Å²) in [7, 11) is 0. The molecular formula is C11H11ClFN5O4. The molecule has 9 nitrogen and oxygen atoms in total. The lowest BCUT2D eigenvalue weighted by atomic mass is 10.1. The maximum Gasteiger partial charge on any atom is 0.280 e. The van der Waals surface area contributed by atoms with Gasteiger partial charge in [-0.05, 0) is 0 Å². The van der Waals surface area contributed by atoms with Gasteiger partial charge in [-0.2, -0.15) is 4.98 Å². The van der Waals surface area contributed by atoms with Crippen LogP contribution in [0.15, 0.2) is 11.1 Å². The molecule has 0 radical (unpaired) electrons. The molecule has 5 atom stereocenters. The fourth-order valence-electron chi connectivity index (χ4n) is 3.07. The third kappa shape index (κ3) is 1.32. The number of hydrogen-bond donors (Lipinski definition) is 4. The predicted octanol–water partition coefficient (Wildman–Crippen LogP) is -1.35. The number of aliphatic hydroxyl groups is 2. The number of rotatable bonds is 2. The van der Waals surface area contributed by atoms with Gasteiger partial charge in [0.15, 0.2) is 29.2 Å². The van der Waals surface area contributed by atoms with Crippen molar-refractivity contribution in [2.75, 3.05) is 11.6 Å². The normalized spacial score (nSPS) is 40.1. The number of aliphatic hydroxyl groups excluding tert-OH is 1. The fourth-order valence-corrected chi connectivity index (χ4v) is 3.49. The van der Waals surface area contributed by atoms with Crippen LogP contribution in [0.2, 0.25) is 0 Å². The van der Waals surface area contributed by atoms with Crippen LogP contribution in [0.25, 0.3) is 11.2 Å². The maximum atomic E-state index is 14.6. The van der Waals surface area contributed by atoms with Gasteiger partial charge in [0, 0.05) is 0 Å². The Morgan fingerprint density at radius 2 is 2.36 bits per heavy atom. The molecule has 0 amide bonds. The van der Waals surface area contributed by atoms with Crippen molar-refractivity contribution < 1.29 is 19.3 Å². The van der Waals surface area contributed by atoms with Crippen molar-refractivity contribution >= 4 is 28.7 Å². The molecule has 0 aromatic carbocycles.